The van der Waals surface area contributed by atoms with E-state index in [0.29, 0.717) is 16.7 Å². The largest absolute Gasteiger partial charge is 0.316 e. The van der Waals surface area contributed by atoms with Gasteiger partial charge in [0.2, 0.25) is 0 Å². The van der Waals surface area contributed by atoms with Gasteiger partial charge in [-0.05, 0) is 50.1 Å². The smallest absolute Gasteiger partial charge is 0.187 e. The van der Waals surface area contributed by atoms with Crippen LogP contribution in [-0.2, 0) is 0 Å². The molecule has 2 rings (SSSR count). The maximum Gasteiger partial charge on any atom is 0.187 e. The molecule has 112 valence electrons. The highest BCUT2D eigenvalue weighted by molar-refractivity contribution is 7.99. The highest BCUT2D eigenvalue weighted by Crippen LogP contribution is 2.42. The van der Waals surface area contributed by atoms with Gasteiger partial charge in [0.05, 0.1) is 0 Å². The maximum atomic E-state index is 4.45. The van der Waals surface area contributed by atoms with Crippen LogP contribution < -0.4 is 5.32 Å². The SMILES string of the molecule is CNC1CCC(C(C)(C)C)CC1Sc1ncc(C)cn1. The van der Waals surface area contributed by atoms with Crippen LogP contribution in [-0.4, -0.2) is 28.3 Å². The van der Waals surface area contributed by atoms with Crippen LogP contribution in [0.15, 0.2) is 17.6 Å². The van der Waals surface area contributed by atoms with Crippen molar-refractivity contribution < 1.29 is 0 Å². The summed E-state index contributed by atoms with van der Waals surface area (Å²) >= 11 is 1.84. The first kappa shape index (κ1) is 15.8. The molecule has 3 atom stereocenters. The first-order valence-electron chi connectivity index (χ1n) is 7.52. The van der Waals surface area contributed by atoms with Crippen molar-refractivity contribution >= 4 is 11.8 Å². The second-order valence-electron chi connectivity index (χ2n) is 6.97. The van der Waals surface area contributed by atoms with Gasteiger partial charge in [0.15, 0.2) is 5.16 Å². The molecule has 1 heterocycles. The molecule has 1 aromatic heterocycles. The van der Waals surface area contributed by atoms with Gasteiger partial charge in [0.1, 0.15) is 0 Å². The summed E-state index contributed by atoms with van der Waals surface area (Å²) in [6.07, 6.45) is 7.64. The van der Waals surface area contributed by atoms with Crippen LogP contribution >= 0.6 is 11.8 Å². The molecule has 1 saturated carbocycles. The summed E-state index contributed by atoms with van der Waals surface area (Å²) < 4.78 is 0. The van der Waals surface area contributed by atoms with Crippen molar-refractivity contribution in [2.75, 3.05) is 7.05 Å². The van der Waals surface area contributed by atoms with Crippen molar-refractivity contribution in [3.63, 3.8) is 0 Å². The molecule has 0 amide bonds. The zero-order valence-electron chi connectivity index (χ0n) is 13.3. The first-order chi connectivity index (χ1) is 9.40. The third-order valence-corrected chi connectivity index (χ3v) is 5.65. The Morgan fingerprint density at radius 2 is 1.85 bits per heavy atom. The van der Waals surface area contributed by atoms with E-state index in [1.807, 2.05) is 31.1 Å². The maximum absolute atomic E-state index is 4.45. The molecule has 1 aliphatic carbocycles. The van der Waals surface area contributed by atoms with Crippen molar-refractivity contribution in [3.8, 4) is 0 Å². The topological polar surface area (TPSA) is 37.8 Å². The average Bonchev–Trinajstić information content (AvgIpc) is 2.40. The Morgan fingerprint density at radius 1 is 1.20 bits per heavy atom. The summed E-state index contributed by atoms with van der Waals surface area (Å²) in [4.78, 5) is 8.90. The molecular weight excluding hydrogens is 266 g/mol. The minimum atomic E-state index is 0.394. The number of hydrogen-bond acceptors (Lipinski definition) is 4. The Bertz CT molecular complexity index is 424. The highest BCUT2D eigenvalue weighted by atomic mass is 32.2. The van der Waals surface area contributed by atoms with Crippen LogP contribution in [0.4, 0.5) is 0 Å². The second-order valence-corrected chi connectivity index (χ2v) is 8.18. The molecule has 0 aromatic carbocycles. The van der Waals surface area contributed by atoms with Gasteiger partial charge in [-0.1, -0.05) is 32.5 Å². The number of aryl methyl sites for hydroxylation is 1. The molecule has 3 nitrogen and oxygen atoms in total. The van der Waals surface area contributed by atoms with Gasteiger partial charge in [-0.2, -0.15) is 0 Å². The molecule has 0 aliphatic heterocycles. The number of nitrogens with zero attached hydrogens (tertiary/aromatic N) is 2. The Labute approximate surface area is 127 Å². The summed E-state index contributed by atoms with van der Waals surface area (Å²) in [5, 5.41) is 4.96. The van der Waals surface area contributed by atoms with Gasteiger partial charge in [-0.15, -0.1) is 0 Å². The van der Waals surface area contributed by atoms with Crippen LogP contribution in [0.25, 0.3) is 0 Å². The van der Waals surface area contributed by atoms with E-state index in [2.05, 4.69) is 43.1 Å². The molecule has 3 unspecified atom stereocenters. The van der Waals surface area contributed by atoms with E-state index >= 15 is 0 Å². The summed E-state index contributed by atoms with van der Waals surface area (Å²) in [5.41, 5.74) is 1.52. The summed E-state index contributed by atoms with van der Waals surface area (Å²) in [7, 11) is 2.08. The molecule has 0 bridgehead atoms. The molecule has 1 N–H and O–H groups in total. The van der Waals surface area contributed by atoms with Gasteiger partial charge in [0, 0.05) is 23.7 Å². The predicted octanol–water partition coefficient (Wildman–Crippen LogP) is 3.68. The van der Waals surface area contributed by atoms with E-state index in [1.165, 1.54) is 19.3 Å². The van der Waals surface area contributed by atoms with Crippen molar-refractivity contribution in [2.45, 2.75) is 63.4 Å². The summed E-state index contributed by atoms with van der Waals surface area (Å²) in [6, 6.07) is 0.573. The molecule has 20 heavy (non-hydrogen) atoms. The number of hydrogen-bond donors (Lipinski definition) is 1. The lowest BCUT2D eigenvalue weighted by Crippen LogP contribution is -2.43. The number of aromatic nitrogens is 2. The van der Waals surface area contributed by atoms with Crippen LogP contribution in [0.2, 0.25) is 0 Å². The molecule has 1 aromatic rings. The minimum Gasteiger partial charge on any atom is -0.316 e. The zero-order chi connectivity index (χ0) is 14.8. The monoisotopic (exact) mass is 293 g/mol. The Kier molecular flexibility index (Phi) is 5.08. The van der Waals surface area contributed by atoms with Gasteiger partial charge < -0.3 is 5.32 Å². The lowest BCUT2D eigenvalue weighted by atomic mass is 9.71. The Morgan fingerprint density at radius 3 is 2.40 bits per heavy atom. The number of nitrogens with one attached hydrogen (secondary N) is 1. The molecular formula is C16H27N3S. The Balaban J connectivity index is 2.07. The quantitative estimate of drug-likeness (QED) is 0.863. The first-order valence-corrected chi connectivity index (χ1v) is 8.40. The zero-order valence-corrected chi connectivity index (χ0v) is 14.1. The average molecular weight is 293 g/mol. The van der Waals surface area contributed by atoms with Crippen LogP contribution in [0, 0.1) is 18.3 Å². The van der Waals surface area contributed by atoms with Crippen LogP contribution in [0.3, 0.4) is 0 Å². The molecule has 1 fully saturated rings. The normalized spacial score (nSPS) is 27.6. The van der Waals surface area contributed by atoms with Crippen molar-refractivity contribution in [3.05, 3.63) is 18.0 Å². The fourth-order valence-corrected chi connectivity index (χ4v) is 4.22. The second kappa shape index (κ2) is 6.44. The van der Waals surface area contributed by atoms with E-state index in [4.69, 9.17) is 0 Å². The van der Waals surface area contributed by atoms with Gasteiger partial charge in [-0.3, -0.25) is 0 Å². The predicted molar refractivity (Wildman–Crippen MR) is 86.1 cm³/mol. The van der Waals surface area contributed by atoms with E-state index in [-0.39, 0.29) is 0 Å². The van der Waals surface area contributed by atoms with E-state index in [1.54, 1.807) is 0 Å². The van der Waals surface area contributed by atoms with Gasteiger partial charge in [0.25, 0.3) is 0 Å². The fourth-order valence-electron chi connectivity index (χ4n) is 2.95. The molecule has 0 radical (unpaired) electrons. The minimum absolute atomic E-state index is 0.394. The lowest BCUT2D eigenvalue weighted by molar-refractivity contribution is 0.167. The van der Waals surface area contributed by atoms with Crippen molar-refractivity contribution in [1.29, 1.82) is 0 Å². The lowest BCUT2D eigenvalue weighted by Gasteiger charge is -2.41. The number of thioether (sulfide) groups is 1. The standard InChI is InChI=1S/C16H27N3S/c1-11-9-18-15(19-10-11)20-14-8-12(16(2,3)4)6-7-13(14)17-5/h9-10,12-14,17H,6-8H2,1-5H3. The third kappa shape index (κ3) is 3.95. The van der Waals surface area contributed by atoms with Crippen molar-refractivity contribution in [2.24, 2.45) is 11.3 Å². The Hall–Kier alpha value is -0.610. The van der Waals surface area contributed by atoms with Crippen LogP contribution in [0.5, 0.6) is 0 Å². The van der Waals surface area contributed by atoms with E-state index in [0.717, 1.165) is 16.6 Å². The molecule has 1 aliphatic rings. The van der Waals surface area contributed by atoms with Crippen LogP contribution in [0.1, 0.15) is 45.6 Å². The van der Waals surface area contributed by atoms with E-state index < -0.39 is 0 Å². The molecule has 4 heteroatoms. The van der Waals surface area contributed by atoms with E-state index in [9.17, 15) is 0 Å². The van der Waals surface area contributed by atoms with Gasteiger partial charge >= 0.3 is 0 Å². The molecule has 0 spiro atoms. The molecule has 0 saturated heterocycles. The summed E-state index contributed by atoms with van der Waals surface area (Å²) in [6.45, 7) is 9.12. The fraction of sp³-hybridized carbons (Fsp3) is 0.750. The number of rotatable bonds is 3. The van der Waals surface area contributed by atoms with Gasteiger partial charge in [-0.25, -0.2) is 9.97 Å². The highest BCUT2D eigenvalue weighted by Gasteiger charge is 2.36. The van der Waals surface area contributed by atoms with Crippen molar-refractivity contribution in [1.82, 2.24) is 15.3 Å². The third-order valence-electron chi connectivity index (χ3n) is 4.40. The summed E-state index contributed by atoms with van der Waals surface area (Å²) in [5.74, 6) is 0.787.